The lowest BCUT2D eigenvalue weighted by molar-refractivity contribution is -0.129. The molecule has 5 heteroatoms. The highest BCUT2D eigenvalue weighted by molar-refractivity contribution is 5.89. The lowest BCUT2D eigenvalue weighted by Crippen LogP contribution is -2.34. The maximum atomic E-state index is 12.8. The van der Waals surface area contributed by atoms with E-state index >= 15 is 0 Å². The van der Waals surface area contributed by atoms with Crippen molar-refractivity contribution < 1.29 is 14.0 Å². The van der Waals surface area contributed by atoms with E-state index in [1.807, 2.05) is 0 Å². The van der Waals surface area contributed by atoms with Gasteiger partial charge in [-0.05, 0) is 30.5 Å². The molecule has 0 aromatic heterocycles. The molecule has 1 aromatic rings. The zero-order valence-corrected chi connectivity index (χ0v) is 13.0. The molecule has 0 aliphatic carbocycles. The largest absolute Gasteiger partial charge is 0.355 e. The third kappa shape index (κ3) is 4.55. The normalized spacial score (nSPS) is 17.8. The van der Waals surface area contributed by atoms with Gasteiger partial charge in [0.1, 0.15) is 5.82 Å². The molecule has 1 aliphatic heterocycles. The number of likely N-dealkylation sites (tertiary alicyclic amines) is 1. The summed E-state index contributed by atoms with van der Waals surface area (Å²) in [6.45, 7) is 3.86. The molecule has 1 fully saturated rings. The molecule has 1 N–H and O–H groups in total. The van der Waals surface area contributed by atoms with Crippen molar-refractivity contribution in [1.82, 2.24) is 10.2 Å². The molecule has 2 rings (SSSR count). The van der Waals surface area contributed by atoms with Crippen LogP contribution in [0.25, 0.3) is 0 Å². The van der Waals surface area contributed by atoms with E-state index in [1.165, 1.54) is 12.1 Å². The first-order chi connectivity index (χ1) is 10.6. The summed E-state index contributed by atoms with van der Waals surface area (Å²) in [5, 5.41) is 2.87. The predicted octanol–water partition coefficient (Wildman–Crippen LogP) is 2.13. The monoisotopic (exact) mass is 306 g/mol. The van der Waals surface area contributed by atoms with Gasteiger partial charge in [-0.1, -0.05) is 25.5 Å². The number of halogens is 1. The van der Waals surface area contributed by atoms with Crippen molar-refractivity contribution in [3.63, 3.8) is 0 Å². The minimum absolute atomic E-state index is 0.0607. The van der Waals surface area contributed by atoms with Gasteiger partial charge in [-0.25, -0.2) is 4.39 Å². The molecule has 1 saturated heterocycles. The molecule has 0 radical (unpaired) electrons. The van der Waals surface area contributed by atoms with Crippen molar-refractivity contribution >= 4 is 11.8 Å². The van der Waals surface area contributed by atoms with Crippen LogP contribution in [0.15, 0.2) is 24.3 Å². The average molecular weight is 306 g/mol. The molecular formula is C17H23FN2O2. The third-order valence-electron chi connectivity index (χ3n) is 3.99. The quantitative estimate of drug-likeness (QED) is 0.839. The van der Waals surface area contributed by atoms with Crippen LogP contribution in [0.4, 0.5) is 4.39 Å². The first-order valence-corrected chi connectivity index (χ1v) is 7.90. The highest BCUT2D eigenvalue weighted by Gasteiger charge is 2.33. The Labute approximate surface area is 130 Å². The first kappa shape index (κ1) is 16.5. The minimum Gasteiger partial charge on any atom is -0.355 e. The Balaban J connectivity index is 1.73. The van der Waals surface area contributed by atoms with E-state index in [4.69, 9.17) is 0 Å². The molecule has 0 saturated carbocycles. The fourth-order valence-electron chi connectivity index (χ4n) is 2.64. The fraction of sp³-hybridized carbons (Fsp3) is 0.529. The van der Waals surface area contributed by atoms with Gasteiger partial charge in [-0.3, -0.25) is 9.59 Å². The number of rotatable bonds is 7. The number of nitrogens with zero attached hydrogens (tertiary/aromatic N) is 1. The molecule has 2 amide bonds. The molecule has 120 valence electrons. The number of amides is 2. The lowest BCUT2D eigenvalue weighted by atomic mass is 10.1. The van der Waals surface area contributed by atoms with Crippen molar-refractivity contribution in [2.24, 2.45) is 5.92 Å². The molecule has 0 unspecified atom stereocenters. The molecule has 0 spiro atoms. The zero-order valence-electron chi connectivity index (χ0n) is 13.0. The summed E-state index contributed by atoms with van der Waals surface area (Å²) in [6.07, 6.45) is 2.99. The fourth-order valence-corrected chi connectivity index (χ4v) is 2.64. The molecular weight excluding hydrogens is 283 g/mol. The zero-order chi connectivity index (χ0) is 15.9. The van der Waals surface area contributed by atoms with Gasteiger partial charge in [-0.15, -0.1) is 0 Å². The summed E-state index contributed by atoms with van der Waals surface area (Å²) in [5.74, 6) is -0.483. The highest BCUT2D eigenvalue weighted by atomic mass is 19.1. The standard InChI is InChI=1S/C17H23FN2O2/c1-2-3-10-20-12-14(11-16(20)21)17(22)19-9-8-13-4-6-15(18)7-5-13/h4-7,14H,2-3,8-12H2,1H3,(H,19,22)/t14-/m1/s1. The molecule has 1 heterocycles. The second-order valence-electron chi connectivity index (χ2n) is 5.76. The summed E-state index contributed by atoms with van der Waals surface area (Å²) in [7, 11) is 0. The number of hydrogen-bond acceptors (Lipinski definition) is 2. The van der Waals surface area contributed by atoms with E-state index in [1.54, 1.807) is 17.0 Å². The molecule has 22 heavy (non-hydrogen) atoms. The Morgan fingerprint density at radius 3 is 2.77 bits per heavy atom. The van der Waals surface area contributed by atoms with E-state index < -0.39 is 0 Å². The van der Waals surface area contributed by atoms with Crippen LogP contribution in [0.5, 0.6) is 0 Å². The number of nitrogens with one attached hydrogen (secondary N) is 1. The Bertz CT molecular complexity index is 516. The van der Waals surface area contributed by atoms with E-state index in [0.717, 1.165) is 24.9 Å². The van der Waals surface area contributed by atoms with Crippen molar-refractivity contribution in [2.75, 3.05) is 19.6 Å². The van der Waals surface area contributed by atoms with Crippen molar-refractivity contribution in [3.05, 3.63) is 35.6 Å². The van der Waals surface area contributed by atoms with E-state index in [0.29, 0.717) is 25.9 Å². The van der Waals surface area contributed by atoms with Gasteiger partial charge >= 0.3 is 0 Å². The Kier molecular flexibility index (Phi) is 5.92. The summed E-state index contributed by atoms with van der Waals surface area (Å²) in [4.78, 5) is 25.7. The SMILES string of the molecule is CCCCN1C[C@H](C(=O)NCCc2ccc(F)cc2)CC1=O. The van der Waals surface area contributed by atoms with Crippen LogP contribution < -0.4 is 5.32 Å². The molecule has 4 nitrogen and oxygen atoms in total. The number of hydrogen-bond donors (Lipinski definition) is 1. The topological polar surface area (TPSA) is 49.4 Å². The molecule has 1 aliphatic rings. The lowest BCUT2D eigenvalue weighted by Gasteiger charge is -2.15. The van der Waals surface area contributed by atoms with E-state index in [-0.39, 0.29) is 23.5 Å². The maximum Gasteiger partial charge on any atom is 0.225 e. The minimum atomic E-state index is -0.260. The summed E-state index contributed by atoms with van der Waals surface area (Å²) >= 11 is 0. The predicted molar refractivity (Wildman–Crippen MR) is 82.7 cm³/mol. The number of carbonyl (C=O) groups excluding carboxylic acids is 2. The van der Waals surface area contributed by atoms with E-state index in [9.17, 15) is 14.0 Å². The molecule has 1 aromatic carbocycles. The highest BCUT2D eigenvalue weighted by Crippen LogP contribution is 2.18. The first-order valence-electron chi connectivity index (χ1n) is 7.90. The van der Waals surface area contributed by atoms with Gasteiger partial charge in [0.05, 0.1) is 5.92 Å². The second kappa shape index (κ2) is 7.92. The van der Waals surface area contributed by atoms with E-state index in [2.05, 4.69) is 12.2 Å². The number of carbonyl (C=O) groups is 2. The van der Waals surface area contributed by atoms with Crippen LogP contribution in [0, 0.1) is 11.7 Å². The third-order valence-corrected chi connectivity index (χ3v) is 3.99. The van der Waals surface area contributed by atoms with Gasteiger partial charge in [0.15, 0.2) is 0 Å². The molecule has 1 atom stereocenters. The van der Waals surface area contributed by atoms with Gasteiger partial charge in [0, 0.05) is 26.1 Å². The Hall–Kier alpha value is -1.91. The van der Waals surface area contributed by atoms with Gasteiger partial charge in [-0.2, -0.15) is 0 Å². The van der Waals surface area contributed by atoms with Crippen LogP contribution in [-0.2, 0) is 16.0 Å². The van der Waals surface area contributed by atoms with Gasteiger partial charge in [0.2, 0.25) is 11.8 Å². The van der Waals surface area contributed by atoms with Gasteiger partial charge < -0.3 is 10.2 Å². The average Bonchev–Trinajstić information content (AvgIpc) is 2.88. The summed E-state index contributed by atoms with van der Waals surface area (Å²) in [5.41, 5.74) is 0.980. The van der Waals surface area contributed by atoms with Crippen LogP contribution in [0.3, 0.4) is 0 Å². The second-order valence-corrected chi connectivity index (χ2v) is 5.76. The molecule has 0 bridgehead atoms. The number of benzene rings is 1. The number of unbranched alkanes of at least 4 members (excludes halogenated alkanes) is 1. The summed E-state index contributed by atoms with van der Waals surface area (Å²) < 4.78 is 12.8. The maximum absolute atomic E-state index is 12.8. The smallest absolute Gasteiger partial charge is 0.225 e. The Morgan fingerprint density at radius 2 is 2.09 bits per heavy atom. The van der Waals surface area contributed by atoms with Gasteiger partial charge in [0.25, 0.3) is 0 Å². The Morgan fingerprint density at radius 1 is 1.36 bits per heavy atom. The van der Waals surface area contributed by atoms with Crippen LogP contribution in [-0.4, -0.2) is 36.3 Å². The van der Waals surface area contributed by atoms with Crippen LogP contribution in [0.2, 0.25) is 0 Å². The van der Waals surface area contributed by atoms with Crippen LogP contribution in [0.1, 0.15) is 31.7 Å². The van der Waals surface area contributed by atoms with Crippen molar-refractivity contribution in [3.8, 4) is 0 Å². The van der Waals surface area contributed by atoms with Crippen LogP contribution >= 0.6 is 0 Å². The van der Waals surface area contributed by atoms with Crippen molar-refractivity contribution in [1.29, 1.82) is 0 Å². The summed E-state index contributed by atoms with van der Waals surface area (Å²) in [6, 6.07) is 6.26. The van der Waals surface area contributed by atoms with Crippen molar-refractivity contribution in [2.45, 2.75) is 32.6 Å².